The highest BCUT2D eigenvalue weighted by Gasteiger charge is 2.20. The van der Waals surface area contributed by atoms with Crippen molar-refractivity contribution >= 4 is 28.3 Å². The Bertz CT molecular complexity index is 1150. The second kappa shape index (κ2) is 8.15. The third-order valence-corrected chi connectivity index (χ3v) is 5.06. The number of benzene rings is 3. The van der Waals surface area contributed by atoms with Crippen LogP contribution in [-0.2, 0) is 11.3 Å². The van der Waals surface area contributed by atoms with E-state index in [-0.39, 0.29) is 18.2 Å². The SMILES string of the molecule is CCN(C(=O)Cn1cc(C(=O)c2ccccc2)c2ccccc21)c1ccccc1. The third-order valence-electron chi connectivity index (χ3n) is 5.06. The molecule has 0 bridgehead atoms. The highest BCUT2D eigenvalue weighted by molar-refractivity contribution is 6.16. The van der Waals surface area contributed by atoms with Crippen molar-refractivity contribution in [2.75, 3.05) is 11.4 Å². The van der Waals surface area contributed by atoms with E-state index in [2.05, 4.69) is 0 Å². The number of aromatic nitrogens is 1. The first-order valence-electron chi connectivity index (χ1n) is 9.72. The number of carbonyl (C=O) groups is 2. The van der Waals surface area contributed by atoms with Gasteiger partial charge in [-0.2, -0.15) is 0 Å². The second-order valence-electron chi connectivity index (χ2n) is 6.86. The summed E-state index contributed by atoms with van der Waals surface area (Å²) in [4.78, 5) is 27.9. The molecule has 4 nitrogen and oxygen atoms in total. The number of ketones is 1. The molecule has 4 aromatic rings. The van der Waals surface area contributed by atoms with Gasteiger partial charge in [-0.3, -0.25) is 9.59 Å². The number of nitrogens with zero attached hydrogens (tertiary/aromatic N) is 2. The van der Waals surface area contributed by atoms with Crippen LogP contribution in [0, 0.1) is 0 Å². The van der Waals surface area contributed by atoms with Gasteiger partial charge in [0.15, 0.2) is 5.78 Å². The van der Waals surface area contributed by atoms with E-state index in [4.69, 9.17) is 0 Å². The van der Waals surface area contributed by atoms with Gasteiger partial charge in [0, 0.05) is 40.5 Å². The van der Waals surface area contributed by atoms with Gasteiger partial charge in [-0.05, 0) is 25.1 Å². The summed E-state index contributed by atoms with van der Waals surface area (Å²) in [5.41, 5.74) is 3.00. The minimum atomic E-state index is -0.0385. The zero-order valence-electron chi connectivity index (χ0n) is 16.3. The van der Waals surface area contributed by atoms with E-state index in [0.717, 1.165) is 16.6 Å². The van der Waals surface area contributed by atoms with Crippen LogP contribution >= 0.6 is 0 Å². The fourth-order valence-electron chi connectivity index (χ4n) is 3.65. The molecule has 1 aromatic heterocycles. The summed E-state index contributed by atoms with van der Waals surface area (Å²) in [6.45, 7) is 2.71. The zero-order valence-corrected chi connectivity index (χ0v) is 16.3. The number of likely N-dealkylation sites (N-methyl/N-ethyl adjacent to an activating group) is 1. The summed E-state index contributed by atoms with van der Waals surface area (Å²) in [6, 6.07) is 26.6. The smallest absolute Gasteiger partial charge is 0.246 e. The third kappa shape index (κ3) is 3.69. The van der Waals surface area contributed by atoms with Gasteiger partial charge in [0.2, 0.25) is 5.91 Å². The van der Waals surface area contributed by atoms with Gasteiger partial charge >= 0.3 is 0 Å². The standard InChI is InChI=1S/C25H22N2O2/c1-2-27(20-13-7-4-8-14-20)24(28)18-26-17-22(21-15-9-10-16-23(21)26)25(29)19-11-5-3-6-12-19/h3-17H,2,18H2,1H3. The number of fused-ring (bicyclic) bond motifs is 1. The molecule has 1 amide bonds. The Balaban J connectivity index is 1.70. The Kier molecular flexibility index (Phi) is 5.25. The normalized spacial score (nSPS) is 10.8. The van der Waals surface area contributed by atoms with Crippen molar-refractivity contribution in [3.63, 3.8) is 0 Å². The van der Waals surface area contributed by atoms with Crippen LogP contribution in [0.25, 0.3) is 10.9 Å². The lowest BCUT2D eigenvalue weighted by Crippen LogP contribution is -2.33. The predicted octanol–water partition coefficient (Wildman–Crippen LogP) is 4.93. The molecular formula is C25H22N2O2. The van der Waals surface area contributed by atoms with Gasteiger partial charge in [0.25, 0.3) is 0 Å². The van der Waals surface area contributed by atoms with Crippen molar-refractivity contribution in [1.29, 1.82) is 0 Å². The van der Waals surface area contributed by atoms with Crippen LogP contribution in [0.1, 0.15) is 22.8 Å². The highest BCUT2D eigenvalue weighted by Crippen LogP contribution is 2.24. The molecule has 0 aliphatic rings. The molecule has 0 radical (unpaired) electrons. The molecule has 144 valence electrons. The molecule has 0 aliphatic heterocycles. The monoisotopic (exact) mass is 382 g/mol. The van der Waals surface area contributed by atoms with Crippen LogP contribution in [0.4, 0.5) is 5.69 Å². The van der Waals surface area contributed by atoms with Crippen molar-refractivity contribution in [1.82, 2.24) is 4.57 Å². The van der Waals surface area contributed by atoms with E-state index in [0.29, 0.717) is 17.7 Å². The van der Waals surface area contributed by atoms with Crippen molar-refractivity contribution in [3.8, 4) is 0 Å². The second-order valence-corrected chi connectivity index (χ2v) is 6.86. The van der Waals surface area contributed by atoms with Crippen LogP contribution in [0.15, 0.2) is 91.1 Å². The predicted molar refractivity (Wildman–Crippen MR) is 116 cm³/mol. The van der Waals surface area contributed by atoms with E-state index in [1.807, 2.05) is 96.4 Å². The lowest BCUT2D eigenvalue weighted by atomic mass is 10.0. The van der Waals surface area contributed by atoms with E-state index < -0.39 is 0 Å². The number of amides is 1. The Hall–Kier alpha value is -3.66. The molecule has 0 unspecified atom stereocenters. The van der Waals surface area contributed by atoms with E-state index in [1.165, 1.54) is 0 Å². The van der Waals surface area contributed by atoms with Gasteiger partial charge in [-0.1, -0.05) is 66.7 Å². The molecule has 4 heteroatoms. The molecule has 0 spiro atoms. The lowest BCUT2D eigenvalue weighted by Gasteiger charge is -2.21. The minimum Gasteiger partial charge on any atom is -0.337 e. The number of carbonyl (C=O) groups excluding carboxylic acids is 2. The van der Waals surface area contributed by atoms with Crippen LogP contribution in [0.3, 0.4) is 0 Å². The van der Waals surface area contributed by atoms with Crippen molar-refractivity contribution in [3.05, 3.63) is 102 Å². The number of para-hydroxylation sites is 2. The summed E-state index contributed by atoms with van der Waals surface area (Å²) >= 11 is 0. The first-order chi connectivity index (χ1) is 14.2. The average molecular weight is 382 g/mol. The molecule has 0 N–H and O–H groups in total. The number of hydrogen-bond acceptors (Lipinski definition) is 2. The fraction of sp³-hybridized carbons (Fsp3) is 0.120. The Morgan fingerprint density at radius 1 is 0.828 bits per heavy atom. The molecular weight excluding hydrogens is 360 g/mol. The van der Waals surface area contributed by atoms with E-state index >= 15 is 0 Å². The molecule has 29 heavy (non-hydrogen) atoms. The van der Waals surface area contributed by atoms with Gasteiger partial charge < -0.3 is 9.47 Å². The number of hydrogen-bond donors (Lipinski definition) is 0. The molecule has 0 fully saturated rings. The summed E-state index contributed by atoms with van der Waals surface area (Å²) in [5, 5.41) is 0.858. The maximum atomic E-state index is 13.1. The average Bonchev–Trinajstić information content (AvgIpc) is 3.13. The van der Waals surface area contributed by atoms with Crippen LogP contribution < -0.4 is 4.90 Å². The maximum absolute atomic E-state index is 13.1. The summed E-state index contributed by atoms with van der Waals surface area (Å²) in [5.74, 6) is -0.0541. The summed E-state index contributed by atoms with van der Waals surface area (Å²) < 4.78 is 1.87. The number of rotatable bonds is 6. The van der Waals surface area contributed by atoms with Gasteiger partial charge in [0.05, 0.1) is 0 Å². The van der Waals surface area contributed by atoms with Gasteiger partial charge in [-0.15, -0.1) is 0 Å². The Morgan fingerprint density at radius 2 is 1.45 bits per heavy atom. The Morgan fingerprint density at radius 3 is 2.14 bits per heavy atom. The quantitative estimate of drug-likeness (QED) is 0.444. The molecule has 0 atom stereocenters. The summed E-state index contributed by atoms with van der Waals surface area (Å²) in [7, 11) is 0. The van der Waals surface area contributed by atoms with Gasteiger partial charge in [-0.25, -0.2) is 0 Å². The summed E-state index contributed by atoms with van der Waals surface area (Å²) in [6.07, 6.45) is 1.80. The van der Waals surface area contributed by atoms with Crippen LogP contribution in [0.5, 0.6) is 0 Å². The topological polar surface area (TPSA) is 42.3 Å². The van der Waals surface area contributed by atoms with Crippen molar-refractivity contribution < 1.29 is 9.59 Å². The van der Waals surface area contributed by atoms with E-state index in [9.17, 15) is 9.59 Å². The molecule has 4 rings (SSSR count). The number of anilines is 1. The van der Waals surface area contributed by atoms with Crippen LogP contribution in [0.2, 0.25) is 0 Å². The maximum Gasteiger partial charge on any atom is 0.246 e. The highest BCUT2D eigenvalue weighted by atomic mass is 16.2. The minimum absolute atomic E-state index is 0.0156. The van der Waals surface area contributed by atoms with Crippen molar-refractivity contribution in [2.24, 2.45) is 0 Å². The molecule has 1 heterocycles. The lowest BCUT2D eigenvalue weighted by molar-refractivity contribution is -0.119. The first kappa shape index (κ1) is 18.7. The molecule has 0 aliphatic carbocycles. The molecule has 0 saturated carbocycles. The van der Waals surface area contributed by atoms with Crippen LogP contribution in [-0.4, -0.2) is 22.8 Å². The largest absolute Gasteiger partial charge is 0.337 e. The molecule has 0 saturated heterocycles. The fourth-order valence-corrected chi connectivity index (χ4v) is 3.65. The first-order valence-corrected chi connectivity index (χ1v) is 9.72. The van der Waals surface area contributed by atoms with Crippen molar-refractivity contribution in [2.45, 2.75) is 13.5 Å². The van der Waals surface area contributed by atoms with Gasteiger partial charge in [0.1, 0.15) is 6.54 Å². The molecule has 3 aromatic carbocycles. The zero-order chi connectivity index (χ0) is 20.2. The van der Waals surface area contributed by atoms with E-state index in [1.54, 1.807) is 11.1 Å². The Labute approximate surface area is 170 Å².